The predicted octanol–water partition coefficient (Wildman–Crippen LogP) is 0.579. The molecule has 0 saturated carbocycles. The third-order valence-corrected chi connectivity index (χ3v) is 1.81. The Labute approximate surface area is 113 Å². The van der Waals surface area contributed by atoms with Crippen LogP contribution in [0.15, 0.2) is 0 Å². The summed E-state index contributed by atoms with van der Waals surface area (Å²) in [6.07, 6.45) is 0. The Morgan fingerprint density at radius 3 is 1.74 bits per heavy atom. The Bertz CT molecular complexity index is 318. The van der Waals surface area contributed by atoms with Crippen LogP contribution in [0, 0.1) is 0 Å². The molecule has 0 radical (unpaired) electrons. The fourth-order valence-electron chi connectivity index (χ4n) is 1.17. The zero-order valence-corrected chi connectivity index (χ0v) is 12.0. The summed E-state index contributed by atoms with van der Waals surface area (Å²) in [5.74, 6) is -1.69. The van der Waals surface area contributed by atoms with Crippen molar-refractivity contribution >= 4 is 18.0 Å². The normalized spacial score (nSPS) is 10.8. The number of hydrogen-bond acceptors (Lipinski definition) is 5. The molecule has 0 fully saturated rings. The Kier molecular flexibility index (Phi) is 6.89. The summed E-state index contributed by atoms with van der Waals surface area (Å²) in [6.45, 7) is 8.75. The molecule has 2 N–H and O–H groups in total. The van der Waals surface area contributed by atoms with Crippen molar-refractivity contribution in [2.75, 3.05) is 13.2 Å². The van der Waals surface area contributed by atoms with Crippen LogP contribution in [-0.2, 0) is 19.1 Å². The van der Waals surface area contributed by atoms with Gasteiger partial charge in [-0.3, -0.25) is 0 Å². The van der Waals surface area contributed by atoms with Gasteiger partial charge in [-0.1, -0.05) is 0 Å². The lowest BCUT2D eigenvalue weighted by Crippen LogP contribution is -2.55. The molecule has 110 valence electrons. The summed E-state index contributed by atoms with van der Waals surface area (Å²) >= 11 is 0. The predicted molar refractivity (Wildman–Crippen MR) is 68.5 cm³/mol. The van der Waals surface area contributed by atoms with Crippen molar-refractivity contribution in [2.24, 2.45) is 0 Å². The molecule has 0 spiro atoms. The summed E-state index contributed by atoms with van der Waals surface area (Å²) in [6, 6.07) is -2.10. The number of nitrogens with one attached hydrogen (secondary N) is 2. The summed E-state index contributed by atoms with van der Waals surface area (Å²) in [5, 5.41) is 4.82. The number of carbonyl (C=O) groups excluding carboxylic acids is 3. The molecular formula is C12H22N2O5. The van der Waals surface area contributed by atoms with Gasteiger partial charge in [-0.25, -0.2) is 14.4 Å². The topological polar surface area (TPSA) is 93.7 Å². The standard InChI is InChI=1S/C12H22N2O5/c1-6-18-9(15)8(10(16)19-7-2)13-11(17)14-12(3,4)5/h8H,6-7H2,1-5H3,(H2,13,14,17). The summed E-state index contributed by atoms with van der Waals surface area (Å²) in [7, 11) is 0. The van der Waals surface area contributed by atoms with Crippen LogP contribution in [0.3, 0.4) is 0 Å². The monoisotopic (exact) mass is 274 g/mol. The largest absolute Gasteiger partial charge is 0.464 e. The highest BCUT2D eigenvalue weighted by molar-refractivity contribution is 6.02. The molecule has 7 nitrogen and oxygen atoms in total. The van der Waals surface area contributed by atoms with E-state index in [1.165, 1.54) is 0 Å². The Hall–Kier alpha value is -1.79. The molecule has 0 aromatic carbocycles. The van der Waals surface area contributed by atoms with E-state index in [9.17, 15) is 14.4 Å². The number of hydrogen-bond donors (Lipinski definition) is 2. The molecular weight excluding hydrogens is 252 g/mol. The first kappa shape index (κ1) is 17.2. The lowest BCUT2D eigenvalue weighted by atomic mass is 10.1. The molecule has 0 saturated heterocycles. The van der Waals surface area contributed by atoms with Gasteiger partial charge < -0.3 is 20.1 Å². The minimum Gasteiger partial charge on any atom is -0.464 e. The highest BCUT2D eigenvalue weighted by atomic mass is 16.6. The van der Waals surface area contributed by atoms with Crippen molar-refractivity contribution in [2.45, 2.75) is 46.2 Å². The molecule has 0 aliphatic rings. The van der Waals surface area contributed by atoms with Gasteiger partial charge in [-0.05, 0) is 34.6 Å². The molecule has 0 unspecified atom stereocenters. The molecule has 0 aliphatic heterocycles. The highest BCUT2D eigenvalue weighted by Gasteiger charge is 2.32. The van der Waals surface area contributed by atoms with Crippen molar-refractivity contribution < 1.29 is 23.9 Å². The van der Waals surface area contributed by atoms with Crippen LogP contribution in [0.2, 0.25) is 0 Å². The zero-order chi connectivity index (χ0) is 15.1. The maximum atomic E-state index is 11.6. The third-order valence-electron chi connectivity index (χ3n) is 1.81. The second-order valence-electron chi connectivity index (χ2n) is 4.79. The first-order valence-electron chi connectivity index (χ1n) is 6.13. The molecule has 0 aliphatic carbocycles. The lowest BCUT2D eigenvalue weighted by Gasteiger charge is -2.23. The molecule has 19 heavy (non-hydrogen) atoms. The van der Waals surface area contributed by atoms with Gasteiger partial charge in [0, 0.05) is 5.54 Å². The van der Waals surface area contributed by atoms with Crippen molar-refractivity contribution in [3.8, 4) is 0 Å². The molecule has 0 aromatic heterocycles. The zero-order valence-electron chi connectivity index (χ0n) is 12.0. The van der Waals surface area contributed by atoms with E-state index in [0.29, 0.717) is 0 Å². The van der Waals surface area contributed by atoms with Gasteiger partial charge in [-0.2, -0.15) is 0 Å². The van der Waals surface area contributed by atoms with E-state index < -0.39 is 29.6 Å². The van der Waals surface area contributed by atoms with Gasteiger partial charge in [0.05, 0.1) is 13.2 Å². The van der Waals surface area contributed by atoms with Crippen molar-refractivity contribution in [3.63, 3.8) is 0 Å². The van der Waals surface area contributed by atoms with Gasteiger partial charge in [0.15, 0.2) is 0 Å². The fraction of sp³-hybridized carbons (Fsp3) is 0.750. The second kappa shape index (κ2) is 7.60. The van der Waals surface area contributed by atoms with Crippen LogP contribution in [0.4, 0.5) is 4.79 Å². The summed E-state index contributed by atoms with van der Waals surface area (Å²) in [4.78, 5) is 34.8. The summed E-state index contributed by atoms with van der Waals surface area (Å²) < 4.78 is 9.44. The molecule has 7 heteroatoms. The first-order valence-corrected chi connectivity index (χ1v) is 6.13. The summed E-state index contributed by atoms with van der Waals surface area (Å²) in [5.41, 5.74) is -0.488. The first-order chi connectivity index (χ1) is 8.71. The van der Waals surface area contributed by atoms with E-state index in [1.807, 2.05) is 0 Å². The molecule has 0 heterocycles. The van der Waals surface area contributed by atoms with Gasteiger partial charge in [0.2, 0.25) is 6.04 Å². The molecule has 0 rings (SSSR count). The van der Waals surface area contributed by atoms with Gasteiger partial charge in [0.25, 0.3) is 0 Å². The van der Waals surface area contributed by atoms with Crippen molar-refractivity contribution in [1.29, 1.82) is 0 Å². The van der Waals surface area contributed by atoms with E-state index >= 15 is 0 Å². The van der Waals surface area contributed by atoms with Gasteiger partial charge in [-0.15, -0.1) is 0 Å². The molecule has 0 aromatic rings. The average molecular weight is 274 g/mol. The number of rotatable bonds is 5. The minimum absolute atomic E-state index is 0.108. The van der Waals surface area contributed by atoms with Gasteiger partial charge in [0.1, 0.15) is 0 Å². The Morgan fingerprint density at radius 2 is 1.42 bits per heavy atom. The maximum absolute atomic E-state index is 11.6. The number of esters is 2. The SMILES string of the molecule is CCOC(=O)C(NC(=O)NC(C)(C)C)C(=O)OCC. The van der Waals surface area contributed by atoms with Crippen molar-refractivity contribution in [3.05, 3.63) is 0 Å². The van der Waals surface area contributed by atoms with Crippen molar-refractivity contribution in [1.82, 2.24) is 10.6 Å². The number of carbonyl (C=O) groups is 3. The smallest absolute Gasteiger partial charge is 0.340 e. The van der Waals surface area contributed by atoms with Gasteiger partial charge >= 0.3 is 18.0 Å². The van der Waals surface area contributed by atoms with Crippen LogP contribution in [-0.4, -0.2) is 42.8 Å². The van der Waals surface area contributed by atoms with E-state index in [4.69, 9.17) is 9.47 Å². The quantitative estimate of drug-likeness (QED) is 0.565. The van der Waals surface area contributed by atoms with Crippen LogP contribution >= 0.6 is 0 Å². The van der Waals surface area contributed by atoms with E-state index in [1.54, 1.807) is 34.6 Å². The number of urea groups is 1. The van der Waals surface area contributed by atoms with Crippen LogP contribution in [0.25, 0.3) is 0 Å². The highest BCUT2D eigenvalue weighted by Crippen LogP contribution is 1.99. The molecule has 0 atom stereocenters. The van der Waals surface area contributed by atoms with E-state index in [2.05, 4.69) is 10.6 Å². The van der Waals surface area contributed by atoms with E-state index in [-0.39, 0.29) is 13.2 Å². The van der Waals surface area contributed by atoms with Crippen LogP contribution in [0.1, 0.15) is 34.6 Å². The van der Waals surface area contributed by atoms with E-state index in [0.717, 1.165) is 0 Å². The Balaban J connectivity index is 4.71. The number of amides is 2. The van der Waals surface area contributed by atoms with Crippen LogP contribution in [0.5, 0.6) is 0 Å². The molecule has 2 amide bonds. The second-order valence-corrected chi connectivity index (χ2v) is 4.79. The lowest BCUT2D eigenvalue weighted by molar-refractivity contribution is -0.157. The average Bonchev–Trinajstić information content (AvgIpc) is 2.24. The Morgan fingerprint density at radius 1 is 1.00 bits per heavy atom. The maximum Gasteiger partial charge on any atom is 0.340 e. The van der Waals surface area contributed by atoms with Crippen LogP contribution < -0.4 is 10.6 Å². The fourth-order valence-corrected chi connectivity index (χ4v) is 1.17. The number of ether oxygens (including phenoxy) is 2. The third kappa shape index (κ3) is 7.28. The molecule has 0 bridgehead atoms. The minimum atomic E-state index is -1.46.